The second-order valence-corrected chi connectivity index (χ2v) is 10.6. The molecule has 2 heterocycles. The minimum absolute atomic E-state index is 0.0639. The molecule has 1 aromatic heterocycles. The number of fused-ring (bicyclic) bond motifs is 1. The summed E-state index contributed by atoms with van der Waals surface area (Å²) >= 11 is 11.8. The van der Waals surface area contributed by atoms with Crippen molar-refractivity contribution in [2.75, 3.05) is 23.3 Å². The lowest BCUT2D eigenvalue weighted by Gasteiger charge is -2.38. The number of thiocarbonyl (C=S) groups is 1. The normalized spacial score (nSPS) is 16.9. The van der Waals surface area contributed by atoms with E-state index >= 15 is 0 Å². The maximum atomic E-state index is 6.16. The van der Waals surface area contributed by atoms with E-state index in [0.29, 0.717) is 11.1 Å². The van der Waals surface area contributed by atoms with Crippen LogP contribution in [0.3, 0.4) is 0 Å². The van der Waals surface area contributed by atoms with Crippen LogP contribution in [0.15, 0.2) is 54.6 Å². The van der Waals surface area contributed by atoms with Crippen molar-refractivity contribution in [1.29, 1.82) is 0 Å². The number of nitrogens with zero attached hydrogens (tertiary/aromatic N) is 3. The van der Waals surface area contributed by atoms with Crippen LogP contribution in [0.2, 0.25) is 5.02 Å². The summed E-state index contributed by atoms with van der Waals surface area (Å²) in [7, 11) is 0. The van der Waals surface area contributed by atoms with Crippen molar-refractivity contribution in [3.05, 3.63) is 82.0 Å². The van der Waals surface area contributed by atoms with Crippen LogP contribution in [0.5, 0.6) is 0 Å². The number of benzene rings is 2. The number of aryl methyl sites for hydroxylation is 1. The topological polar surface area (TPSA) is 53.1 Å². The number of nitrogens with one attached hydrogen (secondary N) is 2. The lowest BCUT2D eigenvalue weighted by molar-refractivity contribution is 0.292. The Morgan fingerprint density at radius 1 is 1.03 bits per heavy atom. The smallest absolute Gasteiger partial charge is 0.231 e. The Morgan fingerprint density at radius 3 is 2.54 bits per heavy atom. The third kappa shape index (κ3) is 5.60. The van der Waals surface area contributed by atoms with Crippen LogP contribution in [0.25, 0.3) is 0 Å². The van der Waals surface area contributed by atoms with Gasteiger partial charge in [-0.15, -0.1) is 0 Å². The van der Waals surface area contributed by atoms with Gasteiger partial charge in [0, 0.05) is 41.8 Å². The standard InChI is InChI=1S/C28H32ClN5S/c1-20-17-25(34-16-13-21-7-3-4-8-22(21)18-34)32-26(31-20)33-27(35)30-19-28(14-5-2-6-15-28)23-9-11-24(29)12-10-23/h3-4,7-12,17H,2,5-6,13-16,18-19H2,1H3,(H2,30,31,32,33,35). The van der Waals surface area contributed by atoms with Crippen LogP contribution in [-0.2, 0) is 18.4 Å². The molecule has 0 amide bonds. The van der Waals surface area contributed by atoms with Crippen LogP contribution >= 0.6 is 23.8 Å². The Bertz CT molecular complexity index is 1190. The Balaban J connectivity index is 1.27. The van der Waals surface area contributed by atoms with Crippen LogP contribution in [-0.4, -0.2) is 28.2 Å². The first-order valence-electron chi connectivity index (χ1n) is 12.5. The van der Waals surface area contributed by atoms with Crippen LogP contribution < -0.4 is 15.5 Å². The van der Waals surface area contributed by atoms with Crippen molar-refractivity contribution in [1.82, 2.24) is 15.3 Å². The number of hydrogen-bond acceptors (Lipinski definition) is 4. The minimum Gasteiger partial charge on any atom is -0.361 e. The molecule has 7 heteroatoms. The second-order valence-electron chi connectivity index (χ2n) is 9.79. The molecular weight excluding hydrogens is 474 g/mol. The van der Waals surface area contributed by atoms with Crippen LogP contribution in [0.1, 0.15) is 54.5 Å². The monoisotopic (exact) mass is 505 g/mol. The molecule has 1 fully saturated rings. The lowest BCUT2D eigenvalue weighted by Crippen LogP contribution is -2.43. The van der Waals surface area contributed by atoms with Crippen molar-refractivity contribution in [2.45, 2.75) is 57.4 Å². The van der Waals surface area contributed by atoms with Crippen molar-refractivity contribution < 1.29 is 0 Å². The molecule has 3 aromatic rings. The molecule has 2 N–H and O–H groups in total. The van der Waals surface area contributed by atoms with Gasteiger partial charge in [0.05, 0.1) is 0 Å². The highest BCUT2D eigenvalue weighted by Gasteiger charge is 2.34. The molecule has 0 spiro atoms. The van der Waals surface area contributed by atoms with E-state index < -0.39 is 0 Å². The number of rotatable bonds is 5. The van der Waals surface area contributed by atoms with Crippen LogP contribution in [0.4, 0.5) is 11.8 Å². The third-order valence-electron chi connectivity index (χ3n) is 7.38. The fourth-order valence-electron chi connectivity index (χ4n) is 5.46. The Kier molecular flexibility index (Phi) is 7.21. The average molecular weight is 506 g/mol. The van der Waals surface area contributed by atoms with Gasteiger partial charge in [0.2, 0.25) is 5.95 Å². The number of hydrogen-bond donors (Lipinski definition) is 2. The van der Waals surface area contributed by atoms with Crippen molar-refractivity contribution >= 4 is 40.7 Å². The zero-order valence-electron chi connectivity index (χ0n) is 20.2. The fourth-order valence-corrected chi connectivity index (χ4v) is 5.75. The SMILES string of the molecule is Cc1cc(N2CCc3ccccc3C2)nc(NC(=S)NCC2(c3ccc(Cl)cc3)CCCCC2)n1. The quantitative estimate of drug-likeness (QED) is 0.403. The molecule has 5 rings (SSSR count). The highest BCUT2D eigenvalue weighted by molar-refractivity contribution is 7.80. The summed E-state index contributed by atoms with van der Waals surface area (Å²) in [5.74, 6) is 1.47. The maximum absolute atomic E-state index is 6.16. The number of halogens is 1. The highest BCUT2D eigenvalue weighted by atomic mass is 35.5. The van der Waals surface area contributed by atoms with Gasteiger partial charge in [0.1, 0.15) is 5.82 Å². The summed E-state index contributed by atoms with van der Waals surface area (Å²) in [5.41, 5.74) is 5.10. The first-order chi connectivity index (χ1) is 17.0. The molecule has 1 saturated carbocycles. The lowest BCUT2D eigenvalue weighted by atomic mass is 9.69. The first-order valence-corrected chi connectivity index (χ1v) is 13.3. The van der Waals surface area contributed by atoms with Crippen molar-refractivity contribution in [2.24, 2.45) is 0 Å². The minimum atomic E-state index is 0.0639. The first kappa shape index (κ1) is 24.0. The van der Waals surface area contributed by atoms with Gasteiger partial charge >= 0.3 is 0 Å². The maximum Gasteiger partial charge on any atom is 0.231 e. The summed E-state index contributed by atoms with van der Waals surface area (Å²) in [6, 6.07) is 19.0. The van der Waals surface area contributed by atoms with E-state index in [1.807, 2.05) is 25.1 Å². The van der Waals surface area contributed by atoms with Gasteiger partial charge in [0.15, 0.2) is 5.11 Å². The summed E-state index contributed by atoms with van der Waals surface area (Å²) < 4.78 is 0. The molecule has 0 saturated heterocycles. The van der Waals surface area contributed by atoms with E-state index in [1.165, 1.54) is 36.0 Å². The van der Waals surface area contributed by atoms with E-state index in [0.717, 1.165) is 55.4 Å². The Labute approximate surface area is 218 Å². The summed E-state index contributed by atoms with van der Waals surface area (Å²) in [4.78, 5) is 11.7. The fraction of sp³-hybridized carbons (Fsp3) is 0.393. The predicted molar refractivity (Wildman–Crippen MR) is 148 cm³/mol. The molecule has 182 valence electrons. The molecule has 1 aliphatic heterocycles. The summed E-state index contributed by atoms with van der Waals surface area (Å²) in [5, 5.41) is 8.06. The molecule has 0 bridgehead atoms. The molecule has 2 aromatic carbocycles. The van der Waals surface area contributed by atoms with E-state index in [1.54, 1.807) is 0 Å². The Hall–Kier alpha value is -2.70. The molecule has 2 aliphatic rings. The van der Waals surface area contributed by atoms with E-state index in [2.05, 4.69) is 56.9 Å². The van der Waals surface area contributed by atoms with Crippen molar-refractivity contribution in [3.63, 3.8) is 0 Å². The van der Waals surface area contributed by atoms with Gasteiger partial charge in [-0.05, 0) is 67.2 Å². The van der Waals surface area contributed by atoms with Crippen LogP contribution in [0, 0.1) is 6.92 Å². The molecule has 0 atom stereocenters. The van der Waals surface area contributed by atoms with Gasteiger partial charge in [-0.2, -0.15) is 4.98 Å². The molecule has 0 radical (unpaired) electrons. The Morgan fingerprint density at radius 2 is 1.77 bits per heavy atom. The molecular formula is C28H32ClN5S. The van der Waals surface area contributed by atoms with E-state index in [4.69, 9.17) is 28.8 Å². The number of anilines is 2. The van der Waals surface area contributed by atoms with E-state index in [9.17, 15) is 0 Å². The zero-order valence-corrected chi connectivity index (χ0v) is 21.8. The molecule has 5 nitrogen and oxygen atoms in total. The van der Waals surface area contributed by atoms with Gasteiger partial charge < -0.3 is 15.5 Å². The van der Waals surface area contributed by atoms with Gasteiger partial charge in [0.25, 0.3) is 0 Å². The number of aromatic nitrogens is 2. The van der Waals surface area contributed by atoms with Gasteiger partial charge in [-0.25, -0.2) is 4.98 Å². The van der Waals surface area contributed by atoms with E-state index in [-0.39, 0.29) is 5.41 Å². The van der Waals surface area contributed by atoms with Gasteiger partial charge in [-0.3, -0.25) is 0 Å². The van der Waals surface area contributed by atoms with Crippen molar-refractivity contribution in [3.8, 4) is 0 Å². The average Bonchev–Trinajstić information content (AvgIpc) is 2.88. The largest absolute Gasteiger partial charge is 0.361 e. The zero-order chi connectivity index (χ0) is 24.3. The summed E-state index contributed by atoms with van der Waals surface area (Å²) in [6.07, 6.45) is 7.06. The summed E-state index contributed by atoms with van der Waals surface area (Å²) in [6.45, 7) is 4.59. The third-order valence-corrected chi connectivity index (χ3v) is 7.87. The highest BCUT2D eigenvalue weighted by Crippen LogP contribution is 2.39. The van der Waals surface area contributed by atoms with Gasteiger partial charge in [-0.1, -0.05) is 67.3 Å². The molecule has 0 unspecified atom stereocenters. The molecule has 1 aliphatic carbocycles. The predicted octanol–water partition coefficient (Wildman–Crippen LogP) is 6.19. The molecule has 35 heavy (non-hydrogen) atoms. The second kappa shape index (κ2) is 10.5.